The third-order valence-corrected chi connectivity index (χ3v) is 2.80. The summed E-state index contributed by atoms with van der Waals surface area (Å²) >= 11 is 0. The summed E-state index contributed by atoms with van der Waals surface area (Å²) in [6.07, 6.45) is 5.00. The molecule has 0 aromatic carbocycles. The first-order valence-electron chi connectivity index (χ1n) is 5.90. The molecule has 15 heavy (non-hydrogen) atoms. The minimum Gasteiger partial charge on any atom is -0.459 e. The maximum atomic E-state index is 11.6. The normalized spacial score (nSPS) is 15.9. The van der Waals surface area contributed by atoms with Crippen LogP contribution in [0.15, 0.2) is 11.6 Å². The molecule has 2 atom stereocenters. The average molecular weight is 212 g/mol. The summed E-state index contributed by atoms with van der Waals surface area (Å²) < 4.78 is 5.35. The number of allylic oxidation sites excluding steroid dienone is 1. The first-order chi connectivity index (χ1) is 7.02. The Balaban J connectivity index is 4.12. The van der Waals surface area contributed by atoms with Gasteiger partial charge in [0.1, 0.15) is 6.10 Å². The quantitative estimate of drug-likeness (QED) is 0.495. The molecule has 0 aliphatic carbocycles. The minimum absolute atomic E-state index is 0.00692. The van der Waals surface area contributed by atoms with E-state index in [0.29, 0.717) is 5.92 Å². The highest BCUT2D eigenvalue weighted by Crippen LogP contribution is 2.13. The van der Waals surface area contributed by atoms with Gasteiger partial charge in [-0.15, -0.1) is 0 Å². The van der Waals surface area contributed by atoms with Crippen molar-refractivity contribution in [2.75, 3.05) is 0 Å². The van der Waals surface area contributed by atoms with Crippen LogP contribution in [-0.2, 0) is 9.53 Å². The molecular formula is C13H24O2. The van der Waals surface area contributed by atoms with E-state index in [-0.39, 0.29) is 12.1 Å². The van der Waals surface area contributed by atoms with E-state index in [9.17, 15) is 4.79 Å². The summed E-state index contributed by atoms with van der Waals surface area (Å²) in [6, 6.07) is 0. The van der Waals surface area contributed by atoms with Gasteiger partial charge in [0.15, 0.2) is 0 Å². The van der Waals surface area contributed by atoms with Crippen LogP contribution in [-0.4, -0.2) is 12.1 Å². The molecule has 0 amide bonds. The number of unbranched alkanes of at least 4 members (excludes halogenated alkanes) is 1. The van der Waals surface area contributed by atoms with Gasteiger partial charge in [-0.3, -0.25) is 0 Å². The number of esters is 1. The van der Waals surface area contributed by atoms with Gasteiger partial charge in [-0.05, 0) is 26.2 Å². The van der Waals surface area contributed by atoms with Crippen molar-refractivity contribution in [3.05, 3.63) is 11.6 Å². The Labute approximate surface area is 93.7 Å². The average Bonchev–Trinajstić information content (AvgIpc) is 2.24. The van der Waals surface area contributed by atoms with E-state index in [1.807, 2.05) is 19.9 Å². The Kier molecular flexibility index (Phi) is 7.10. The standard InChI is InChI=1S/C13H24O2/c1-6-8-9-11(4)13(14)15-12(5)10(3)7-2/h9-10,12H,6-8H2,1-5H3/b11-9+. The van der Waals surface area contributed by atoms with Gasteiger partial charge in [0.2, 0.25) is 0 Å². The van der Waals surface area contributed by atoms with Crippen LogP contribution in [0.5, 0.6) is 0 Å². The lowest BCUT2D eigenvalue weighted by Crippen LogP contribution is -2.22. The molecule has 0 saturated carbocycles. The zero-order valence-electron chi connectivity index (χ0n) is 10.7. The van der Waals surface area contributed by atoms with Crippen molar-refractivity contribution in [2.24, 2.45) is 5.92 Å². The van der Waals surface area contributed by atoms with Gasteiger partial charge < -0.3 is 4.74 Å². The summed E-state index contributed by atoms with van der Waals surface area (Å²) in [7, 11) is 0. The molecule has 0 aromatic heterocycles. The number of ether oxygens (including phenoxy) is 1. The van der Waals surface area contributed by atoms with Crippen molar-refractivity contribution in [3.8, 4) is 0 Å². The van der Waals surface area contributed by atoms with E-state index in [4.69, 9.17) is 4.74 Å². The highest BCUT2D eigenvalue weighted by molar-refractivity contribution is 5.87. The van der Waals surface area contributed by atoms with E-state index < -0.39 is 0 Å². The van der Waals surface area contributed by atoms with E-state index in [1.54, 1.807) is 0 Å². The molecule has 0 rings (SSSR count). The highest BCUT2D eigenvalue weighted by Gasteiger charge is 2.15. The molecular weight excluding hydrogens is 188 g/mol. The van der Waals surface area contributed by atoms with Gasteiger partial charge in [0, 0.05) is 5.57 Å². The van der Waals surface area contributed by atoms with Crippen molar-refractivity contribution in [1.82, 2.24) is 0 Å². The third kappa shape index (κ3) is 5.60. The van der Waals surface area contributed by atoms with Crippen LogP contribution in [0.25, 0.3) is 0 Å². The van der Waals surface area contributed by atoms with Gasteiger partial charge in [0.25, 0.3) is 0 Å². The summed E-state index contributed by atoms with van der Waals surface area (Å²) in [5.74, 6) is 0.254. The van der Waals surface area contributed by atoms with Crippen molar-refractivity contribution in [2.45, 2.75) is 60.0 Å². The smallest absolute Gasteiger partial charge is 0.333 e. The molecule has 0 spiro atoms. The molecule has 0 heterocycles. The molecule has 0 aliphatic rings. The minimum atomic E-state index is -0.170. The topological polar surface area (TPSA) is 26.3 Å². The summed E-state index contributed by atoms with van der Waals surface area (Å²) in [6.45, 7) is 10.1. The Morgan fingerprint density at radius 3 is 2.40 bits per heavy atom. The summed E-state index contributed by atoms with van der Waals surface area (Å²) in [5, 5.41) is 0. The lowest BCUT2D eigenvalue weighted by atomic mass is 10.0. The Morgan fingerprint density at radius 2 is 1.93 bits per heavy atom. The van der Waals surface area contributed by atoms with Gasteiger partial charge in [-0.1, -0.05) is 39.7 Å². The molecule has 0 bridgehead atoms. The van der Waals surface area contributed by atoms with Gasteiger partial charge in [-0.25, -0.2) is 4.79 Å². The third-order valence-electron chi connectivity index (χ3n) is 2.80. The fourth-order valence-corrected chi connectivity index (χ4v) is 1.15. The zero-order valence-corrected chi connectivity index (χ0v) is 10.7. The Hall–Kier alpha value is -0.790. The lowest BCUT2D eigenvalue weighted by Gasteiger charge is -2.19. The fourth-order valence-electron chi connectivity index (χ4n) is 1.15. The Bertz CT molecular complexity index is 219. The SMILES string of the molecule is CCC/C=C(\C)C(=O)OC(C)C(C)CC. The zero-order chi connectivity index (χ0) is 11.8. The first-order valence-corrected chi connectivity index (χ1v) is 5.90. The van der Waals surface area contributed by atoms with Crippen molar-refractivity contribution in [1.29, 1.82) is 0 Å². The van der Waals surface area contributed by atoms with Gasteiger partial charge >= 0.3 is 5.97 Å². The molecule has 0 N–H and O–H groups in total. The lowest BCUT2D eigenvalue weighted by molar-refractivity contribution is -0.145. The molecule has 2 unspecified atom stereocenters. The van der Waals surface area contributed by atoms with Crippen LogP contribution in [0.3, 0.4) is 0 Å². The second-order valence-electron chi connectivity index (χ2n) is 4.17. The Morgan fingerprint density at radius 1 is 1.33 bits per heavy atom. The second kappa shape index (κ2) is 7.49. The van der Waals surface area contributed by atoms with Crippen molar-refractivity contribution in [3.63, 3.8) is 0 Å². The van der Waals surface area contributed by atoms with Crippen molar-refractivity contribution >= 4 is 5.97 Å². The molecule has 2 heteroatoms. The first kappa shape index (κ1) is 14.2. The second-order valence-corrected chi connectivity index (χ2v) is 4.17. The number of hydrogen-bond acceptors (Lipinski definition) is 2. The van der Waals surface area contributed by atoms with Gasteiger partial charge in [-0.2, -0.15) is 0 Å². The van der Waals surface area contributed by atoms with E-state index in [2.05, 4.69) is 20.8 Å². The van der Waals surface area contributed by atoms with E-state index in [1.165, 1.54) is 0 Å². The largest absolute Gasteiger partial charge is 0.459 e. The van der Waals surface area contributed by atoms with Crippen LogP contribution in [0, 0.1) is 5.92 Å². The van der Waals surface area contributed by atoms with Crippen LogP contribution >= 0.6 is 0 Å². The fraction of sp³-hybridized carbons (Fsp3) is 0.769. The molecule has 2 nitrogen and oxygen atoms in total. The van der Waals surface area contributed by atoms with Gasteiger partial charge in [0.05, 0.1) is 0 Å². The number of rotatable bonds is 6. The van der Waals surface area contributed by atoms with E-state index >= 15 is 0 Å². The molecule has 0 radical (unpaired) electrons. The molecule has 0 saturated heterocycles. The number of carbonyl (C=O) groups is 1. The van der Waals surface area contributed by atoms with E-state index in [0.717, 1.165) is 24.8 Å². The molecule has 0 fully saturated rings. The van der Waals surface area contributed by atoms with Crippen LogP contribution < -0.4 is 0 Å². The number of hydrogen-bond donors (Lipinski definition) is 0. The summed E-state index contributed by atoms with van der Waals surface area (Å²) in [4.78, 5) is 11.6. The maximum Gasteiger partial charge on any atom is 0.333 e. The predicted octanol–water partition coefficient (Wildman–Crippen LogP) is 3.71. The van der Waals surface area contributed by atoms with Crippen LogP contribution in [0.4, 0.5) is 0 Å². The maximum absolute atomic E-state index is 11.6. The molecule has 0 aromatic rings. The van der Waals surface area contributed by atoms with Crippen LogP contribution in [0.2, 0.25) is 0 Å². The van der Waals surface area contributed by atoms with Crippen molar-refractivity contribution < 1.29 is 9.53 Å². The summed E-state index contributed by atoms with van der Waals surface area (Å²) in [5.41, 5.74) is 0.729. The highest BCUT2D eigenvalue weighted by atomic mass is 16.5. The number of carbonyl (C=O) groups excluding carboxylic acids is 1. The molecule has 88 valence electrons. The van der Waals surface area contributed by atoms with Crippen LogP contribution in [0.1, 0.15) is 53.9 Å². The monoisotopic (exact) mass is 212 g/mol. The molecule has 0 aliphatic heterocycles. The predicted molar refractivity (Wildman–Crippen MR) is 63.7 cm³/mol.